The number of thiazole rings is 1. The zero-order chi connectivity index (χ0) is 31.6. The highest BCUT2D eigenvalue weighted by atomic mass is 32.1. The molecule has 2 heterocycles. The van der Waals surface area contributed by atoms with Gasteiger partial charge in [-0.1, -0.05) is 57.4 Å². The third-order valence-corrected chi connectivity index (χ3v) is 8.41. The molecule has 3 amide bonds. The fourth-order valence-electron chi connectivity index (χ4n) is 4.54. The van der Waals surface area contributed by atoms with E-state index in [-0.39, 0.29) is 41.3 Å². The highest BCUT2D eigenvalue weighted by Crippen LogP contribution is 2.29. The van der Waals surface area contributed by atoms with Crippen molar-refractivity contribution in [3.63, 3.8) is 0 Å². The van der Waals surface area contributed by atoms with Gasteiger partial charge in [-0.15, -0.1) is 11.3 Å². The molecule has 42 heavy (non-hydrogen) atoms. The van der Waals surface area contributed by atoms with Crippen LogP contribution in [0.2, 0.25) is 0 Å². The van der Waals surface area contributed by atoms with Crippen LogP contribution in [0.25, 0.3) is 0 Å². The molecule has 0 bridgehead atoms. The van der Waals surface area contributed by atoms with Gasteiger partial charge in [0, 0.05) is 18.5 Å². The number of rotatable bonds is 14. The molecule has 0 radical (unpaired) electrons. The number of hydrogen-bond donors (Lipinski definition) is 3. The van der Waals surface area contributed by atoms with E-state index in [1.54, 1.807) is 10.3 Å². The highest BCUT2D eigenvalue weighted by Gasteiger charge is 2.36. The number of carbonyl (C=O) groups is 4. The fraction of sp³-hybridized carbons (Fsp3) is 0.645. The Balaban J connectivity index is 2.14. The first-order valence-electron chi connectivity index (χ1n) is 14.7. The number of aromatic nitrogens is 1. The smallest absolute Gasteiger partial charge is 0.357 e. The van der Waals surface area contributed by atoms with Crippen molar-refractivity contribution in [2.45, 2.75) is 98.8 Å². The first kappa shape index (κ1) is 35.1. The molecule has 0 aromatic carbocycles. The van der Waals surface area contributed by atoms with E-state index in [0.717, 1.165) is 11.1 Å². The minimum atomic E-state index is -0.812. The lowest BCUT2D eigenvalue weighted by molar-refractivity contribution is -0.138. The molecule has 234 valence electrons. The number of methoxy groups -OCH3 is 1. The largest absolute Gasteiger partial charge is 0.464 e. The number of amides is 3. The number of hydrogen-bond acceptors (Lipinski definition) is 8. The second-order valence-corrected chi connectivity index (χ2v) is 12.7. The van der Waals surface area contributed by atoms with Crippen LogP contribution in [-0.2, 0) is 19.1 Å². The van der Waals surface area contributed by atoms with Gasteiger partial charge in [0.25, 0.3) is 0 Å². The minimum absolute atomic E-state index is 0.101. The van der Waals surface area contributed by atoms with Gasteiger partial charge in [-0.05, 0) is 52.4 Å². The van der Waals surface area contributed by atoms with Gasteiger partial charge in [0.05, 0.1) is 19.2 Å². The Morgan fingerprint density at radius 1 is 1.05 bits per heavy atom. The molecule has 2 rings (SSSR count). The maximum atomic E-state index is 13.8. The average Bonchev–Trinajstić information content (AvgIpc) is 3.63. The zero-order valence-electron chi connectivity index (χ0n) is 26.6. The van der Waals surface area contributed by atoms with E-state index < -0.39 is 24.1 Å². The van der Waals surface area contributed by atoms with Crippen LogP contribution in [-0.4, -0.2) is 71.9 Å². The number of allylic oxidation sites excluding steroid dienone is 2. The summed E-state index contributed by atoms with van der Waals surface area (Å²) < 4.78 is 4.73. The van der Waals surface area contributed by atoms with Crippen LogP contribution in [0, 0.1) is 11.8 Å². The van der Waals surface area contributed by atoms with Gasteiger partial charge >= 0.3 is 5.97 Å². The summed E-state index contributed by atoms with van der Waals surface area (Å²) >= 11 is 1.34. The zero-order valence-corrected chi connectivity index (χ0v) is 27.4. The molecule has 1 unspecified atom stereocenters. The topological polar surface area (TPSA) is 130 Å². The number of nitrogens with one attached hydrogen (secondary N) is 3. The lowest BCUT2D eigenvalue weighted by Gasteiger charge is -2.32. The van der Waals surface area contributed by atoms with Crippen LogP contribution in [0.4, 0.5) is 0 Å². The molecule has 0 saturated carbocycles. The van der Waals surface area contributed by atoms with Crippen LogP contribution in [0.15, 0.2) is 28.7 Å². The third kappa shape index (κ3) is 10.0. The molecule has 1 aromatic heterocycles. The van der Waals surface area contributed by atoms with Crippen LogP contribution >= 0.6 is 11.3 Å². The Kier molecular flexibility index (Phi) is 13.9. The summed E-state index contributed by atoms with van der Waals surface area (Å²) in [5.74, 6) is -1.60. The molecule has 1 aliphatic heterocycles. The van der Waals surface area contributed by atoms with Gasteiger partial charge in [-0.3, -0.25) is 19.7 Å². The SMILES string of the molecule is CC[C@H](C)[C@H](NC(=O)[C@@H](NC(=O)[C@@H]1CCC(c2nc(C(=O)OC)cs2)N1)C(C)C)C(=O)N(CC=C(C)C)CC=C(C)C. The molecule has 10 nitrogen and oxygen atoms in total. The molecular weight excluding hydrogens is 554 g/mol. The van der Waals surface area contributed by atoms with Crippen LogP contribution in [0.1, 0.15) is 96.2 Å². The number of ether oxygens (including phenoxy) is 1. The van der Waals surface area contributed by atoms with Crippen molar-refractivity contribution in [3.05, 3.63) is 39.4 Å². The standard InChI is InChI=1S/C31H49N5O5S/c1-10-21(8)26(30(39)36(15-13-18(2)3)16-14-19(4)5)35-28(38)25(20(6)7)34-27(37)22-11-12-23(32-22)29-33-24(17-42-29)31(40)41-9/h13-14,17,20-23,25-26,32H,10-12,15-16H2,1-9H3,(H,34,37)(H,35,38)/t21-,22-,23?,25-,26-/m0/s1. The van der Waals surface area contributed by atoms with Crippen molar-refractivity contribution in [1.82, 2.24) is 25.8 Å². The van der Waals surface area contributed by atoms with Crippen molar-refractivity contribution in [2.75, 3.05) is 20.2 Å². The summed E-state index contributed by atoms with van der Waals surface area (Å²) in [4.78, 5) is 58.6. The third-order valence-electron chi connectivity index (χ3n) is 7.45. The summed E-state index contributed by atoms with van der Waals surface area (Å²) in [6.45, 7) is 16.6. The van der Waals surface area contributed by atoms with Crippen LogP contribution < -0.4 is 16.0 Å². The van der Waals surface area contributed by atoms with Crippen molar-refractivity contribution >= 4 is 35.0 Å². The lowest BCUT2D eigenvalue weighted by atomic mass is 9.95. The van der Waals surface area contributed by atoms with Crippen LogP contribution in [0.3, 0.4) is 0 Å². The van der Waals surface area contributed by atoms with Gasteiger partial charge in [0.1, 0.15) is 17.1 Å². The summed E-state index contributed by atoms with van der Waals surface area (Å²) in [6, 6.07) is -2.21. The van der Waals surface area contributed by atoms with E-state index in [4.69, 9.17) is 4.74 Å². The molecule has 1 aliphatic rings. The molecule has 11 heteroatoms. The monoisotopic (exact) mass is 603 g/mol. The fourth-order valence-corrected chi connectivity index (χ4v) is 5.42. The first-order chi connectivity index (χ1) is 19.8. The van der Waals surface area contributed by atoms with Crippen molar-refractivity contribution in [3.8, 4) is 0 Å². The molecule has 3 N–H and O–H groups in total. The maximum Gasteiger partial charge on any atom is 0.357 e. The maximum absolute atomic E-state index is 13.8. The minimum Gasteiger partial charge on any atom is -0.464 e. The van der Waals surface area contributed by atoms with E-state index >= 15 is 0 Å². The predicted molar refractivity (Wildman–Crippen MR) is 166 cm³/mol. The Labute approximate surface area is 254 Å². The van der Waals surface area contributed by atoms with E-state index in [1.807, 2.05) is 67.5 Å². The van der Waals surface area contributed by atoms with E-state index in [9.17, 15) is 19.2 Å². The number of nitrogens with zero attached hydrogens (tertiary/aromatic N) is 2. The summed E-state index contributed by atoms with van der Waals surface area (Å²) in [6.07, 6.45) is 5.95. The van der Waals surface area contributed by atoms with E-state index in [0.29, 0.717) is 37.4 Å². The quantitative estimate of drug-likeness (QED) is 0.215. The van der Waals surface area contributed by atoms with Gasteiger partial charge in [0.15, 0.2) is 5.69 Å². The van der Waals surface area contributed by atoms with Gasteiger partial charge in [-0.2, -0.15) is 0 Å². The normalized spacial score (nSPS) is 18.4. The first-order valence-corrected chi connectivity index (χ1v) is 15.6. The second kappa shape index (κ2) is 16.6. The summed E-state index contributed by atoms with van der Waals surface area (Å²) in [7, 11) is 1.31. The van der Waals surface area contributed by atoms with Crippen LogP contribution in [0.5, 0.6) is 0 Å². The van der Waals surface area contributed by atoms with Gasteiger partial charge < -0.3 is 20.3 Å². The van der Waals surface area contributed by atoms with Crippen molar-refractivity contribution in [2.24, 2.45) is 11.8 Å². The predicted octanol–water partition coefficient (Wildman–Crippen LogP) is 4.16. The molecule has 1 fully saturated rings. The van der Waals surface area contributed by atoms with E-state index in [2.05, 4.69) is 20.9 Å². The highest BCUT2D eigenvalue weighted by molar-refractivity contribution is 7.09. The second-order valence-electron chi connectivity index (χ2n) is 11.8. The Morgan fingerprint density at radius 3 is 2.19 bits per heavy atom. The Bertz CT molecular complexity index is 1130. The Hall–Kier alpha value is -3.05. The summed E-state index contributed by atoms with van der Waals surface area (Å²) in [5, 5.41) is 11.6. The molecular formula is C31H49N5O5S. The van der Waals surface area contributed by atoms with Gasteiger partial charge in [-0.25, -0.2) is 9.78 Å². The molecule has 1 aromatic rings. The Morgan fingerprint density at radius 2 is 1.67 bits per heavy atom. The number of carbonyl (C=O) groups excluding carboxylic acids is 4. The summed E-state index contributed by atoms with van der Waals surface area (Å²) in [5.41, 5.74) is 2.46. The lowest BCUT2D eigenvalue weighted by Crippen LogP contribution is -2.59. The van der Waals surface area contributed by atoms with Gasteiger partial charge in [0.2, 0.25) is 17.7 Å². The molecule has 1 saturated heterocycles. The van der Waals surface area contributed by atoms with Crippen molar-refractivity contribution in [1.29, 1.82) is 0 Å². The average molecular weight is 604 g/mol. The van der Waals surface area contributed by atoms with Crippen molar-refractivity contribution < 1.29 is 23.9 Å². The molecule has 5 atom stereocenters. The number of esters is 1. The molecule has 0 aliphatic carbocycles. The van der Waals surface area contributed by atoms with E-state index in [1.165, 1.54) is 18.4 Å². The molecule has 0 spiro atoms.